The summed E-state index contributed by atoms with van der Waals surface area (Å²) >= 11 is 1.45. The largest absolute Gasteiger partial charge is 0.447 e. The molecular formula is C26H40FNO4S. The average molecular weight is 482 g/mol. The first-order valence-corrected chi connectivity index (χ1v) is 13.7. The summed E-state index contributed by atoms with van der Waals surface area (Å²) in [6, 6.07) is 8.98. The summed E-state index contributed by atoms with van der Waals surface area (Å²) in [5.74, 6) is 0.777. The van der Waals surface area contributed by atoms with Crippen LogP contribution < -0.4 is 0 Å². The summed E-state index contributed by atoms with van der Waals surface area (Å²) < 4.78 is 26.5. The molecule has 0 saturated carbocycles. The molecule has 33 heavy (non-hydrogen) atoms. The number of carbonyl (C=O) groups excluding carboxylic acids is 1. The van der Waals surface area contributed by atoms with Crippen LogP contribution in [0.5, 0.6) is 0 Å². The number of benzene rings is 1. The molecular weight excluding hydrogens is 441 g/mol. The minimum absolute atomic E-state index is 0.0766. The summed E-state index contributed by atoms with van der Waals surface area (Å²) in [5, 5.41) is 10.0. The Morgan fingerprint density at radius 2 is 1.70 bits per heavy atom. The van der Waals surface area contributed by atoms with Gasteiger partial charge in [0.05, 0.1) is 12.6 Å². The van der Waals surface area contributed by atoms with E-state index >= 15 is 4.39 Å². The Balaban J connectivity index is 1.43. The highest BCUT2D eigenvalue weighted by Crippen LogP contribution is 2.38. The lowest BCUT2D eigenvalue weighted by Crippen LogP contribution is -2.64. The second-order valence-electron chi connectivity index (χ2n) is 9.19. The molecule has 0 radical (unpaired) electrons. The van der Waals surface area contributed by atoms with Gasteiger partial charge in [0.2, 0.25) is 0 Å². The van der Waals surface area contributed by atoms with Crippen LogP contribution in [0.2, 0.25) is 0 Å². The van der Waals surface area contributed by atoms with E-state index in [0.29, 0.717) is 0 Å². The van der Waals surface area contributed by atoms with E-state index in [4.69, 9.17) is 9.47 Å². The van der Waals surface area contributed by atoms with Gasteiger partial charge in [-0.2, -0.15) is 0 Å². The second kappa shape index (κ2) is 14.2. The molecule has 1 amide bonds. The van der Waals surface area contributed by atoms with Crippen molar-refractivity contribution in [2.24, 2.45) is 0 Å². The van der Waals surface area contributed by atoms with Crippen molar-refractivity contribution in [1.82, 2.24) is 4.90 Å². The van der Waals surface area contributed by atoms with Crippen molar-refractivity contribution in [2.75, 3.05) is 12.4 Å². The van der Waals surface area contributed by atoms with E-state index in [1.54, 1.807) is 0 Å². The fraction of sp³-hybridized carbons (Fsp3) is 0.731. The molecule has 0 bridgehead atoms. The highest BCUT2D eigenvalue weighted by molar-refractivity contribution is 7.99. The van der Waals surface area contributed by atoms with Crippen LogP contribution in [0.1, 0.15) is 76.7 Å². The molecule has 2 saturated heterocycles. The van der Waals surface area contributed by atoms with E-state index in [2.05, 4.69) is 6.92 Å². The smallest absolute Gasteiger partial charge is 0.411 e. The molecule has 0 aliphatic carbocycles. The lowest BCUT2D eigenvalue weighted by atomic mass is 9.95. The zero-order valence-corrected chi connectivity index (χ0v) is 20.7. The summed E-state index contributed by atoms with van der Waals surface area (Å²) in [4.78, 5) is 13.7. The summed E-state index contributed by atoms with van der Waals surface area (Å²) in [5.41, 5.74) is 0.924. The predicted octanol–water partition coefficient (Wildman–Crippen LogP) is 6.09. The third-order valence-corrected chi connectivity index (χ3v) is 7.96. The van der Waals surface area contributed by atoms with Crippen LogP contribution in [0.4, 0.5) is 9.18 Å². The van der Waals surface area contributed by atoms with Crippen LogP contribution in [0.25, 0.3) is 0 Å². The van der Waals surface area contributed by atoms with Gasteiger partial charge in [0.25, 0.3) is 0 Å². The van der Waals surface area contributed by atoms with Gasteiger partial charge in [-0.05, 0) is 17.7 Å². The van der Waals surface area contributed by atoms with E-state index in [9.17, 15) is 9.90 Å². The summed E-state index contributed by atoms with van der Waals surface area (Å²) in [6.07, 6.45) is 8.42. The maximum atomic E-state index is 15.5. The Hall–Kier alpha value is -1.31. The zero-order valence-electron chi connectivity index (χ0n) is 19.9. The SMILES string of the molecule is CCCCCCCCCCCCS[C@@H]1[C@@H](F)[C@@H](OCc2ccccc2)[C@H](O)[C@H]2COC(=O)N21. The fourth-order valence-electron chi connectivity index (χ4n) is 4.65. The molecule has 5 nitrogen and oxygen atoms in total. The van der Waals surface area contributed by atoms with Gasteiger partial charge in [0.1, 0.15) is 24.2 Å². The predicted molar refractivity (Wildman–Crippen MR) is 131 cm³/mol. The first kappa shape index (κ1) is 26.3. The normalized spacial score (nSPS) is 26.9. The van der Waals surface area contributed by atoms with E-state index in [1.165, 1.54) is 68.0 Å². The van der Waals surface area contributed by atoms with Crippen LogP contribution in [0.3, 0.4) is 0 Å². The molecule has 186 valence electrons. The number of cyclic esters (lactones) is 1. The van der Waals surface area contributed by atoms with Crippen molar-refractivity contribution in [2.45, 2.75) is 108 Å². The number of carbonyl (C=O) groups is 1. The van der Waals surface area contributed by atoms with Crippen molar-refractivity contribution < 1.29 is 23.8 Å². The van der Waals surface area contributed by atoms with Gasteiger partial charge in [-0.1, -0.05) is 95.0 Å². The van der Waals surface area contributed by atoms with Gasteiger partial charge in [0.15, 0.2) is 6.17 Å². The number of unbranched alkanes of at least 4 members (excludes halogenated alkanes) is 9. The molecule has 1 N–H and O–H groups in total. The Morgan fingerprint density at radius 3 is 2.36 bits per heavy atom. The minimum Gasteiger partial charge on any atom is -0.447 e. The maximum Gasteiger partial charge on any atom is 0.411 e. The van der Waals surface area contributed by atoms with Crippen molar-refractivity contribution in [1.29, 1.82) is 0 Å². The van der Waals surface area contributed by atoms with E-state index in [0.717, 1.165) is 24.2 Å². The van der Waals surface area contributed by atoms with Crippen LogP contribution >= 0.6 is 11.8 Å². The third kappa shape index (κ3) is 7.59. The molecule has 0 unspecified atom stereocenters. The number of fused-ring (bicyclic) bond motifs is 1. The molecule has 0 spiro atoms. The van der Waals surface area contributed by atoms with E-state index in [-0.39, 0.29) is 13.2 Å². The number of nitrogens with zero attached hydrogens (tertiary/aromatic N) is 1. The summed E-state index contributed by atoms with van der Waals surface area (Å²) in [6.45, 7) is 2.54. The summed E-state index contributed by atoms with van der Waals surface area (Å²) in [7, 11) is 0. The lowest BCUT2D eigenvalue weighted by molar-refractivity contribution is -0.136. The first-order valence-electron chi connectivity index (χ1n) is 12.7. The van der Waals surface area contributed by atoms with Crippen molar-refractivity contribution >= 4 is 17.9 Å². The number of thioether (sulfide) groups is 1. The van der Waals surface area contributed by atoms with Crippen molar-refractivity contribution in [3.63, 3.8) is 0 Å². The number of amides is 1. The Kier molecular flexibility index (Phi) is 11.3. The topological polar surface area (TPSA) is 59.0 Å². The van der Waals surface area contributed by atoms with Crippen LogP contribution in [0, 0.1) is 0 Å². The highest BCUT2D eigenvalue weighted by atomic mass is 32.2. The van der Waals surface area contributed by atoms with Gasteiger partial charge < -0.3 is 14.6 Å². The molecule has 0 aromatic heterocycles. The van der Waals surface area contributed by atoms with E-state index in [1.807, 2.05) is 30.3 Å². The molecule has 3 rings (SSSR count). The van der Waals surface area contributed by atoms with Gasteiger partial charge in [-0.15, -0.1) is 11.8 Å². The minimum atomic E-state index is -1.47. The number of hydrogen-bond donors (Lipinski definition) is 1. The molecule has 2 aliphatic rings. The van der Waals surface area contributed by atoms with Crippen molar-refractivity contribution in [3.05, 3.63) is 35.9 Å². The van der Waals surface area contributed by atoms with Gasteiger partial charge in [-0.25, -0.2) is 9.18 Å². The Labute approximate surface area is 202 Å². The molecule has 2 aliphatic heterocycles. The number of halogens is 1. The number of ether oxygens (including phenoxy) is 2. The zero-order chi connectivity index (χ0) is 23.5. The molecule has 2 heterocycles. The maximum absolute atomic E-state index is 15.5. The van der Waals surface area contributed by atoms with E-state index < -0.39 is 35.9 Å². The first-order chi connectivity index (χ1) is 16.1. The lowest BCUT2D eigenvalue weighted by Gasteiger charge is -2.44. The molecule has 1 aromatic carbocycles. The second-order valence-corrected chi connectivity index (χ2v) is 10.4. The van der Waals surface area contributed by atoms with Gasteiger partial charge in [0, 0.05) is 0 Å². The molecule has 1 aromatic rings. The number of aliphatic hydroxyl groups excluding tert-OH is 1. The number of alkyl halides is 1. The van der Waals surface area contributed by atoms with Crippen LogP contribution in [-0.4, -0.2) is 58.3 Å². The number of rotatable bonds is 15. The number of piperidine rings is 1. The Morgan fingerprint density at radius 1 is 1.06 bits per heavy atom. The quantitative estimate of drug-likeness (QED) is 0.307. The molecule has 7 heteroatoms. The standard InChI is InChI=1S/C26H40FNO4S/c1-2-3-4-5-6-7-8-9-10-14-17-33-25-22(27)24(31-18-20-15-12-11-13-16-20)23(29)21-19-32-26(30)28(21)25/h11-13,15-16,21-25,29H,2-10,14,17-19H2,1H3/t21-,22+,23-,24-,25-/m1/s1. The van der Waals surface area contributed by atoms with Gasteiger partial charge in [-0.3, -0.25) is 4.90 Å². The third-order valence-electron chi connectivity index (χ3n) is 6.61. The molecule has 5 atom stereocenters. The van der Waals surface area contributed by atoms with Crippen LogP contribution in [0.15, 0.2) is 30.3 Å². The molecule has 2 fully saturated rings. The monoisotopic (exact) mass is 481 g/mol. The highest BCUT2D eigenvalue weighted by Gasteiger charge is 2.55. The number of hydrogen-bond acceptors (Lipinski definition) is 5. The average Bonchev–Trinajstić information content (AvgIpc) is 3.21. The van der Waals surface area contributed by atoms with Gasteiger partial charge >= 0.3 is 6.09 Å². The number of aliphatic hydroxyl groups is 1. The van der Waals surface area contributed by atoms with Crippen LogP contribution in [-0.2, 0) is 16.1 Å². The van der Waals surface area contributed by atoms with Crippen molar-refractivity contribution in [3.8, 4) is 0 Å². The fourth-order valence-corrected chi connectivity index (χ4v) is 6.00. The Bertz CT molecular complexity index is 694.